The summed E-state index contributed by atoms with van der Waals surface area (Å²) in [6.07, 6.45) is 10.7. The highest BCUT2D eigenvalue weighted by Crippen LogP contribution is 2.28. The molecule has 0 amide bonds. The maximum Gasteiger partial charge on any atom is 0.162 e. The summed E-state index contributed by atoms with van der Waals surface area (Å²) in [5.74, 6) is 1.14. The van der Waals surface area contributed by atoms with Gasteiger partial charge in [0.05, 0.1) is 0 Å². The average molecular weight is 272 g/mol. The highest BCUT2D eigenvalue weighted by atomic mass is 16.1. The fraction of sp³-hybridized carbons (Fsp3) is 0.632. The van der Waals surface area contributed by atoms with Gasteiger partial charge in [0.2, 0.25) is 0 Å². The molecule has 110 valence electrons. The summed E-state index contributed by atoms with van der Waals surface area (Å²) in [5.41, 5.74) is 3.65. The Balaban J connectivity index is 1.94. The van der Waals surface area contributed by atoms with Gasteiger partial charge in [0, 0.05) is 12.0 Å². The molecule has 20 heavy (non-hydrogen) atoms. The van der Waals surface area contributed by atoms with Crippen LogP contribution in [-0.2, 0) is 12.8 Å². The van der Waals surface area contributed by atoms with E-state index in [0.29, 0.717) is 5.78 Å². The third-order valence-corrected chi connectivity index (χ3v) is 4.79. The molecule has 1 fully saturated rings. The molecule has 0 aromatic heterocycles. The van der Waals surface area contributed by atoms with Crippen LogP contribution >= 0.6 is 0 Å². The Bertz CT molecular complexity index is 441. The van der Waals surface area contributed by atoms with E-state index in [-0.39, 0.29) is 0 Å². The van der Waals surface area contributed by atoms with Crippen LogP contribution < -0.4 is 0 Å². The SMILES string of the molecule is CCc1ccc(C(=O)CCC2CCCCC2)cc1CC. The second kappa shape index (κ2) is 7.61. The number of rotatable bonds is 6. The lowest BCUT2D eigenvalue weighted by atomic mass is 9.85. The Labute approximate surface area is 123 Å². The lowest BCUT2D eigenvalue weighted by Crippen LogP contribution is -2.09. The van der Waals surface area contributed by atoms with Gasteiger partial charge in [-0.1, -0.05) is 58.1 Å². The molecule has 0 heterocycles. The van der Waals surface area contributed by atoms with Crippen molar-refractivity contribution in [2.24, 2.45) is 5.92 Å². The standard InChI is InChI=1S/C19H28O/c1-3-16-11-12-18(14-17(16)4-2)19(20)13-10-15-8-6-5-7-9-15/h11-12,14-15H,3-10,13H2,1-2H3. The van der Waals surface area contributed by atoms with Gasteiger partial charge >= 0.3 is 0 Å². The Kier molecular flexibility index (Phi) is 5.82. The summed E-state index contributed by atoms with van der Waals surface area (Å²) in [7, 11) is 0. The fourth-order valence-electron chi connectivity index (χ4n) is 3.43. The predicted octanol–water partition coefficient (Wildman–Crippen LogP) is 5.35. The monoisotopic (exact) mass is 272 g/mol. The lowest BCUT2D eigenvalue weighted by Gasteiger charge is -2.21. The van der Waals surface area contributed by atoms with Gasteiger partial charge in [0.15, 0.2) is 5.78 Å². The van der Waals surface area contributed by atoms with Gasteiger partial charge in [0.1, 0.15) is 0 Å². The number of carbonyl (C=O) groups excluding carboxylic acids is 1. The zero-order valence-corrected chi connectivity index (χ0v) is 13.1. The summed E-state index contributed by atoms with van der Waals surface area (Å²) in [6, 6.07) is 6.30. The molecular formula is C19H28O. The van der Waals surface area contributed by atoms with E-state index in [1.165, 1.54) is 43.2 Å². The van der Waals surface area contributed by atoms with Crippen molar-refractivity contribution in [3.8, 4) is 0 Å². The molecule has 1 aromatic carbocycles. The van der Waals surface area contributed by atoms with Crippen molar-refractivity contribution in [2.45, 2.75) is 71.6 Å². The Morgan fingerprint density at radius 1 is 1.05 bits per heavy atom. The zero-order valence-electron chi connectivity index (χ0n) is 13.1. The van der Waals surface area contributed by atoms with E-state index in [9.17, 15) is 4.79 Å². The van der Waals surface area contributed by atoms with Gasteiger partial charge in [-0.15, -0.1) is 0 Å². The quantitative estimate of drug-likeness (QED) is 0.638. The number of hydrogen-bond acceptors (Lipinski definition) is 1. The zero-order chi connectivity index (χ0) is 14.4. The van der Waals surface area contributed by atoms with Crippen molar-refractivity contribution >= 4 is 5.78 Å². The lowest BCUT2D eigenvalue weighted by molar-refractivity contribution is 0.0970. The first kappa shape index (κ1) is 15.3. The maximum absolute atomic E-state index is 12.4. The largest absolute Gasteiger partial charge is 0.294 e. The number of Topliss-reactive ketones (excluding diaryl/α,β-unsaturated/α-hetero) is 1. The van der Waals surface area contributed by atoms with Crippen molar-refractivity contribution in [2.75, 3.05) is 0 Å². The van der Waals surface area contributed by atoms with Crippen molar-refractivity contribution < 1.29 is 4.79 Å². The average Bonchev–Trinajstić information content (AvgIpc) is 2.52. The van der Waals surface area contributed by atoms with Gasteiger partial charge in [0.25, 0.3) is 0 Å². The topological polar surface area (TPSA) is 17.1 Å². The number of benzene rings is 1. The van der Waals surface area contributed by atoms with Crippen LogP contribution in [0.2, 0.25) is 0 Å². The molecule has 0 spiro atoms. The third kappa shape index (κ3) is 3.94. The van der Waals surface area contributed by atoms with E-state index in [0.717, 1.165) is 37.2 Å². The van der Waals surface area contributed by atoms with E-state index in [1.807, 2.05) is 6.07 Å². The van der Waals surface area contributed by atoms with E-state index in [1.54, 1.807) is 0 Å². The van der Waals surface area contributed by atoms with Crippen LogP contribution in [0.1, 0.15) is 80.3 Å². The summed E-state index contributed by atoms with van der Waals surface area (Å²) in [6.45, 7) is 4.35. The van der Waals surface area contributed by atoms with Crippen molar-refractivity contribution in [3.63, 3.8) is 0 Å². The van der Waals surface area contributed by atoms with Gasteiger partial charge < -0.3 is 0 Å². The van der Waals surface area contributed by atoms with Crippen LogP contribution in [0.4, 0.5) is 0 Å². The van der Waals surface area contributed by atoms with Crippen LogP contribution in [-0.4, -0.2) is 5.78 Å². The number of ketones is 1. The molecule has 0 aliphatic heterocycles. The molecule has 0 atom stereocenters. The summed E-state index contributed by atoms with van der Waals surface area (Å²) >= 11 is 0. The third-order valence-electron chi connectivity index (χ3n) is 4.79. The number of hydrogen-bond donors (Lipinski definition) is 0. The molecule has 2 rings (SSSR count). The normalized spacial score (nSPS) is 16.3. The smallest absolute Gasteiger partial charge is 0.162 e. The van der Waals surface area contributed by atoms with Gasteiger partial charge in [-0.2, -0.15) is 0 Å². The van der Waals surface area contributed by atoms with Crippen molar-refractivity contribution in [1.82, 2.24) is 0 Å². The molecule has 1 saturated carbocycles. The van der Waals surface area contributed by atoms with E-state index < -0.39 is 0 Å². The first-order valence-electron chi connectivity index (χ1n) is 8.39. The molecule has 1 aliphatic rings. The molecule has 0 unspecified atom stereocenters. The van der Waals surface area contributed by atoms with E-state index in [4.69, 9.17) is 0 Å². The van der Waals surface area contributed by atoms with Crippen molar-refractivity contribution in [1.29, 1.82) is 0 Å². The minimum atomic E-state index is 0.341. The second-order valence-electron chi connectivity index (χ2n) is 6.16. The minimum absolute atomic E-state index is 0.341. The molecule has 1 aliphatic carbocycles. The molecule has 0 N–H and O–H groups in total. The molecular weight excluding hydrogens is 244 g/mol. The molecule has 1 aromatic rings. The first-order valence-corrected chi connectivity index (χ1v) is 8.39. The predicted molar refractivity (Wildman–Crippen MR) is 85.3 cm³/mol. The molecule has 0 bridgehead atoms. The Morgan fingerprint density at radius 2 is 1.75 bits per heavy atom. The highest BCUT2D eigenvalue weighted by Gasteiger charge is 2.16. The first-order chi connectivity index (χ1) is 9.74. The molecule has 1 heteroatoms. The van der Waals surface area contributed by atoms with Crippen LogP contribution in [0.25, 0.3) is 0 Å². The number of carbonyl (C=O) groups is 1. The highest BCUT2D eigenvalue weighted by molar-refractivity contribution is 5.96. The molecule has 1 nitrogen and oxygen atoms in total. The van der Waals surface area contributed by atoms with Gasteiger partial charge in [-0.05, 0) is 42.4 Å². The van der Waals surface area contributed by atoms with Crippen LogP contribution in [0, 0.1) is 5.92 Å². The van der Waals surface area contributed by atoms with Gasteiger partial charge in [-0.25, -0.2) is 0 Å². The van der Waals surface area contributed by atoms with Crippen molar-refractivity contribution in [3.05, 3.63) is 34.9 Å². The molecule has 0 saturated heterocycles. The number of aryl methyl sites for hydroxylation is 2. The minimum Gasteiger partial charge on any atom is -0.294 e. The fourth-order valence-corrected chi connectivity index (χ4v) is 3.43. The van der Waals surface area contributed by atoms with Crippen LogP contribution in [0.3, 0.4) is 0 Å². The van der Waals surface area contributed by atoms with E-state index >= 15 is 0 Å². The van der Waals surface area contributed by atoms with Crippen LogP contribution in [0.15, 0.2) is 18.2 Å². The Morgan fingerprint density at radius 3 is 2.40 bits per heavy atom. The second-order valence-corrected chi connectivity index (χ2v) is 6.16. The van der Waals surface area contributed by atoms with Gasteiger partial charge in [-0.3, -0.25) is 4.79 Å². The van der Waals surface area contributed by atoms with E-state index in [2.05, 4.69) is 26.0 Å². The summed E-state index contributed by atoms with van der Waals surface area (Å²) in [4.78, 5) is 12.4. The Hall–Kier alpha value is -1.11. The summed E-state index contributed by atoms with van der Waals surface area (Å²) in [5, 5.41) is 0. The molecule has 0 radical (unpaired) electrons. The van der Waals surface area contributed by atoms with Crippen LogP contribution in [0.5, 0.6) is 0 Å². The maximum atomic E-state index is 12.4. The summed E-state index contributed by atoms with van der Waals surface area (Å²) < 4.78 is 0.